The predicted molar refractivity (Wildman–Crippen MR) is 70.8 cm³/mol. The molecular weight excluding hydrogens is 228 g/mol. The van der Waals surface area contributed by atoms with Crippen LogP contribution >= 0.6 is 0 Å². The molecule has 0 fully saturated rings. The summed E-state index contributed by atoms with van der Waals surface area (Å²) >= 11 is 0. The van der Waals surface area contributed by atoms with E-state index in [1.54, 1.807) is 0 Å². The van der Waals surface area contributed by atoms with Crippen LogP contribution in [0.3, 0.4) is 0 Å². The van der Waals surface area contributed by atoms with E-state index < -0.39 is 11.7 Å². The van der Waals surface area contributed by atoms with Gasteiger partial charge < -0.3 is 10.3 Å². The van der Waals surface area contributed by atoms with Gasteiger partial charge in [-0.15, -0.1) is 0 Å². The Morgan fingerprint density at radius 3 is 2.67 bits per heavy atom. The molecule has 4 heteroatoms. The van der Waals surface area contributed by atoms with Gasteiger partial charge in [-0.2, -0.15) is 0 Å². The second-order valence-electron chi connectivity index (χ2n) is 4.99. The van der Waals surface area contributed by atoms with E-state index in [2.05, 4.69) is 24.1 Å². The summed E-state index contributed by atoms with van der Waals surface area (Å²) in [5.41, 5.74) is 2.13. The van der Waals surface area contributed by atoms with Crippen molar-refractivity contribution in [2.24, 2.45) is 5.92 Å². The lowest BCUT2D eigenvalue weighted by atomic mass is 9.94. The molecule has 0 aliphatic carbocycles. The number of aromatic amines is 1. The van der Waals surface area contributed by atoms with Crippen LogP contribution in [0.4, 0.5) is 5.69 Å². The van der Waals surface area contributed by atoms with Gasteiger partial charge in [0.15, 0.2) is 0 Å². The molecule has 98 valence electrons. The molecule has 1 unspecified atom stereocenters. The lowest BCUT2D eigenvalue weighted by Crippen LogP contribution is -2.14. The molecule has 1 aromatic heterocycles. The Hall–Kier alpha value is -1.58. The van der Waals surface area contributed by atoms with E-state index in [1.807, 2.05) is 6.07 Å². The third-order valence-corrected chi connectivity index (χ3v) is 3.61. The minimum absolute atomic E-state index is 0.431. The van der Waals surface area contributed by atoms with E-state index in [0.717, 1.165) is 18.5 Å². The fraction of sp³-hybridized carbons (Fsp3) is 0.571. The minimum Gasteiger partial charge on any atom is -0.354 e. The highest BCUT2D eigenvalue weighted by molar-refractivity contribution is 6.51. The number of ketones is 1. The summed E-state index contributed by atoms with van der Waals surface area (Å²) in [4.78, 5) is 25.7. The number of carbonyl (C=O) groups excluding carboxylic acids is 2. The van der Waals surface area contributed by atoms with Crippen LogP contribution in [-0.2, 0) is 11.2 Å². The summed E-state index contributed by atoms with van der Waals surface area (Å²) in [5.74, 6) is -0.326. The number of fused-ring (bicyclic) bond motifs is 1. The molecule has 18 heavy (non-hydrogen) atoms. The normalized spacial score (nSPS) is 15.7. The van der Waals surface area contributed by atoms with E-state index in [4.69, 9.17) is 0 Å². The molecule has 4 nitrogen and oxygen atoms in total. The maximum atomic E-state index is 11.5. The number of rotatable bonds is 6. The number of unbranched alkanes of at least 4 members (excludes halogenated alkanes) is 1. The molecule has 2 rings (SSSR count). The first-order chi connectivity index (χ1) is 8.65. The quantitative estimate of drug-likeness (QED) is 0.760. The third-order valence-electron chi connectivity index (χ3n) is 3.61. The molecule has 1 amide bonds. The first-order valence-electron chi connectivity index (χ1n) is 6.73. The topological polar surface area (TPSA) is 62.0 Å². The van der Waals surface area contributed by atoms with Crippen LogP contribution in [0.2, 0.25) is 0 Å². The van der Waals surface area contributed by atoms with Crippen molar-refractivity contribution >= 4 is 17.4 Å². The molecule has 0 saturated carbocycles. The van der Waals surface area contributed by atoms with E-state index in [-0.39, 0.29) is 0 Å². The average Bonchev–Trinajstić information content (AvgIpc) is 2.85. The molecule has 1 aliphatic rings. The summed E-state index contributed by atoms with van der Waals surface area (Å²) in [6, 6.07) is 1.90. The summed E-state index contributed by atoms with van der Waals surface area (Å²) in [7, 11) is 0. The van der Waals surface area contributed by atoms with Crippen LogP contribution in [0.1, 0.15) is 55.7 Å². The Morgan fingerprint density at radius 1 is 1.28 bits per heavy atom. The van der Waals surface area contributed by atoms with Crippen molar-refractivity contribution in [2.45, 2.75) is 46.0 Å². The van der Waals surface area contributed by atoms with Crippen LogP contribution < -0.4 is 5.32 Å². The number of H-pyrrole nitrogens is 1. The molecule has 0 radical (unpaired) electrons. The molecule has 1 atom stereocenters. The first-order valence-corrected chi connectivity index (χ1v) is 6.73. The van der Waals surface area contributed by atoms with E-state index in [1.165, 1.54) is 19.3 Å². The number of hydrogen-bond acceptors (Lipinski definition) is 2. The number of aromatic nitrogens is 1. The third kappa shape index (κ3) is 2.47. The number of carbonyl (C=O) groups is 2. The Kier molecular flexibility index (Phi) is 3.84. The van der Waals surface area contributed by atoms with Crippen LogP contribution in [0.5, 0.6) is 0 Å². The molecule has 0 aromatic carbocycles. The number of anilines is 1. The van der Waals surface area contributed by atoms with Gasteiger partial charge in [-0.05, 0) is 18.4 Å². The van der Waals surface area contributed by atoms with Crippen LogP contribution in [0, 0.1) is 5.92 Å². The zero-order valence-electron chi connectivity index (χ0n) is 11.0. The largest absolute Gasteiger partial charge is 0.354 e. The van der Waals surface area contributed by atoms with E-state index in [9.17, 15) is 9.59 Å². The summed E-state index contributed by atoms with van der Waals surface area (Å²) < 4.78 is 0. The Morgan fingerprint density at radius 2 is 2.06 bits per heavy atom. The Bertz CT molecular complexity index is 462. The highest BCUT2D eigenvalue weighted by Gasteiger charge is 2.30. The zero-order chi connectivity index (χ0) is 13.1. The number of Topliss-reactive ketones (excluding diaryl/α,β-unsaturated/α-hetero) is 1. The highest BCUT2D eigenvalue weighted by Crippen LogP contribution is 2.26. The summed E-state index contributed by atoms with van der Waals surface area (Å²) in [6.07, 6.45) is 5.77. The molecule has 1 aromatic rings. The monoisotopic (exact) mass is 248 g/mol. The smallest absolute Gasteiger partial charge is 0.298 e. The van der Waals surface area contributed by atoms with Gasteiger partial charge in [0, 0.05) is 5.69 Å². The minimum atomic E-state index is -0.527. The van der Waals surface area contributed by atoms with Crippen molar-refractivity contribution in [3.05, 3.63) is 17.5 Å². The molecule has 0 saturated heterocycles. The van der Waals surface area contributed by atoms with Crippen LogP contribution in [0.25, 0.3) is 0 Å². The molecule has 0 spiro atoms. The van der Waals surface area contributed by atoms with Gasteiger partial charge in [0.2, 0.25) is 0 Å². The second-order valence-corrected chi connectivity index (χ2v) is 4.99. The van der Waals surface area contributed by atoms with Crippen molar-refractivity contribution in [3.8, 4) is 0 Å². The van der Waals surface area contributed by atoms with E-state index in [0.29, 0.717) is 17.3 Å². The molecular formula is C14H20N2O2. The first kappa shape index (κ1) is 12.9. The Balaban J connectivity index is 2.03. The van der Waals surface area contributed by atoms with E-state index >= 15 is 0 Å². The van der Waals surface area contributed by atoms with Crippen molar-refractivity contribution in [3.63, 3.8) is 0 Å². The van der Waals surface area contributed by atoms with Crippen LogP contribution in [-0.4, -0.2) is 16.7 Å². The summed E-state index contributed by atoms with van der Waals surface area (Å²) in [6.45, 7) is 4.40. The predicted octanol–water partition coefficient (Wildman–Crippen LogP) is 2.91. The second kappa shape index (κ2) is 5.38. The summed E-state index contributed by atoms with van der Waals surface area (Å²) in [5, 5.41) is 2.58. The molecule has 2 N–H and O–H groups in total. The van der Waals surface area contributed by atoms with Gasteiger partial charge in [0.1, 0.15) is 5.69 Å². The standard InChI is InChI=1S/C14H20N2O2/c1-3-5-6-9(4-2)7-10-8-11-12(15-10)13(17)14(18)16-11/h8-9,15H,3-7H2,1-2H3,(H,16,17,18). The van der Waals surface area contributed by atoms with Crippen molar-refractivity contribution in [2.75, 3.05) is 5.32 Å². The van der Waals surface area contributed by atoms with Crippen molar-refractivity contribution in [1.82, 2.24) is 4.98 Å². The van der Waals surface area contributed by atoms with Gasteiger partial charge >= 0.3 is 0 Å². The van der Waals surface area contributed by atoms with Gasteiger partial charge in [0.25, 0.3) is 11.7 Å². The number of hydrogen-bond donors (Lipinski definition) is 2. The molecule has 2 heterocycles. The van der Waals surface area contributed by atoms with Crippen molar-refractivity contribution in [1.29, 1.82) is 0 Å². The number of amides is 1. The van der Waals surface area contributed by atoms with Gasteiger partial charge in [-0.25, -0.2) is 0 Å². The fourth-order valence-corrected chi connectivity index (χ4v) is 2.44. The van der Waals surface area contributed by atoms with Crippen molar-refractivity contribution < 1.29 is 9.59 Å². The van der Waals surface area contributed by atoms with Crippen LogP contribution in [0.15, 0.2) is 6.07 Å². The highest BCUT2D eigenvalue weighted by atomic mass is 16.2. The lowest BCUT2D eigenvalue weighted by molar-refractivity contribution is -0.112. The van der Waals surface area contributed by atoms with Gasteiger partial charge in [0.05, 0.1) is 5.69 Å². The fourth-order valence-electron chi connectivity index (χ4n) is 2.44. The molecule has 0 bridgehead atoms. The van der Waals surface area contributed by atoms with Gasteiger partial charge in [-0.3, -0.25) is 9.59 Å². The average molecular weight is 248 g/mol. The zero-order valence-corrected chi connectivity index (χ0v) is 11.0. The maximum absolute atomic E-state index is 11.5. The lowest BCUT2D eigenvalue weighted by Gasteiger charge is -2.13. The maximum Gasteiger partial charge on any atom is 0.298 e. The SMILES string of the molecule is CCCCC(CC)Cc1cc2c([nH]1)C(=O)C(=O)N2. The number of nitrogens with one attached hydrogen (secondary N) is 2. The van der Waals surface area contributed by atoms with Gasteiger partial charge in [-0.1, -0.05) is 39.5 Å². The Labute approximate surface area is 107 Å². The molecule has 1 aliphatic heterocycles.